The minimum Gasteiger partial charge on any atom is -0.381 e. The fourth-order valence-corrected chi connectivity index (χ4v) is 3.99. The van der Waals surface area contributed by atoms with Gasteiger partial charge in [0.25, 0.3) is 0 Å². The minimum atomic E-state index is -3.21. The number of ether oxygens (including phenoxy) is 1. The summed E-state index contributed by atoms with van der Waals surface area (Å²) in [7, 11) is -3.21. The summed E-state index contributed by atoms with van der Waals surface area (Å²) in [4.78, 5) is 0.287. The van der Waals surface area contributed by atoms with Crippen LogP contribution in [0.15, 0.2) is 29.2 Å². The van der Waals surface area contributed by atoms with Crippen molar-refractivity contribution in [3.63, 3.8) is 0 Å². The van der Waals surface area contributed by atoms with E-state index in [0.29, 0.717) is 18.8 Å². The van der Waals surface area contributed by atoms with Crippen molar-refractivity contribution < 1.29 is 17.5 Å². The zero-order valence-electron chi connectivity index (χ0n) is 13.9. The lowest BCUT2D eigenvalue weighted by molar-refractivity contribution is 0.157. The molecule has 2 aliphatic heterocycles. The predicted octanol–water partition coefficient (Wildman–Crippen LogP) is 1.80. The van der Waals surface area contributed by atoms with Crippen molar-refractivity contribution in [2.45, 2.75) is 42.5 Å². The van der Waals surface area contributed by atoms with Crippen LogP contribution in [0.1, 0.15) is 30.9 Å². The monoisotopic (exact) mass is 356 g/mol. The molecule has 0 aromatic heterocycles. The van der Waals surface area contributed by atoms with Crippen LogP contribution in [0, 0.1) is 5.92 Å². The number of piperidine rings is 1. The lowest BCUT2D eigenvalue weighted by Crippen LogP contribution is -2.51. The Morgan fingerprint density at radius 3 is 2.67 bits per heavy atom. The van der Waals surface area contributed by atoms with Crippen LogP contribution in [0.2, 0.25) is 0 Å². The van der Waals surface area contributed by atoms with Crippen molar-refractivity contribution in [2.24, 2.45) is 5.92 Å². The molecule has 2 aliphatic rings. The van der Waals surface area contributed by atoms with Crippen molar-refractivity contribution in [2.75, 3.05) is 26.0 Å². The molecule has 2 saturated heterocycles. The van der Waals surface area contributed by atoms with Crippen LogP contribution in [0.25, 0.3) is 0 Å². The standard InChI is InChI=1S/C17H25FN2O3S/c1-24(21,22)15-4-2-13(3-5-15)16-8-14(18)9-17(20-16)19-10-12-6-7-23-11-12/h2-5,12,14,16-17,19-20H,6-11H2,1H3. The van der Waals surface area contributed by atoms with Gasteiger partial charge in [-0.05, 0) is 36.5 Å². The fourth-order valence-electron chi connectivity index (χ4n) is 3.36. The smallest absolute Gasteiger partial charge is 0.175 e. The van der Waals surface area contributed by atoms with Gasteiger partial charge in [-0.15, -0.1) is 0 Å². The number of benzene rings is 1. The zero-order chi connectivity index (χ0) is 17.2. The fraction of sp³-hybridized carbons (Fsp3) is 0.647. The van der Waals surface area contributed by atoms with Gasteiger partial charge in [-0.1, -0.05) is 12.1 Å². The maximum absolute atomic E-state index is 14.1. The molecule has 7 heteroatoms. The highest BCUT2D eigenvalue weighted by molar-refractivity contribution is 7.90. The summed E-state index contributed by atoms with van der Waals surface area (Å²) in [6.07, 6.45) is 2.14. The summed E-state index contributed by atoms with van der Waals surface area (Å²) in [5, 5.41) is 6.84. The third-order valence-corrected chi connectivity index (χ3v) is 5.90. The van der Waals surface area contributed by atoms with Crippen LogP contribution >= 0.6 is 0 Å². The van der Waals surface area contributed by atoms with Crippen LogP contribution < -0.4 is 10.6 Å². The molecule has 0 amide bonds. The molecule has 0 saturated carbocycles. The van der Waals surface area contributed by atoms with Gasteiger partial charge >= 0.3 is 0 Å². The first kappa shape index (κ1) is 17.8. The topological polar surface area (TPSA) is 67.4 Å². The van der Waals surface area contributed by atoms with Gasteiger partial charge < -0.3 is 10.1 Å². The van der Waals surface area contributed by atoms with Crippen LogP contribution in [0.3, 0.4) is 0 Å². The highest BCUT2D eigenvalue weighted by Crippen LogP contribution is 2.28. The molecular weight excluding hydrogens is 331 g/mol. The quantitative estimate of drug-likeness (QED) is 0.842. The Bertz CT molecular complexity index is 644. The van der Waals surface area contributed by atoms with Crippen molar-refractivity contribution in [1.29, 1.82) is 0 Å². The number of hydrogen-bond donors (Lipinski definition) is 2. The summed E-state index contributed by atoms with van der Waals surface area (Å²) in [5.74, 6) is 0.499. The Morgan fingerprint density at radius 2 is 2.04 bits per heavy atom. The molecule has 5 nitrogen and oxygen atoms in total. The largest absolute Gasteiger partial charge is 0.381 e. The summed E-state index contributed by atoms with van der Waals surface area (Å²) in [5.41, 5.74) is 0.917. The summed E-state index contributed by atoms with van der Waals surface area (Å²) < 4.78 is 42.6. The number of alkyl halides is 1. The Kier molecular flexibility index (Phi) is 5.54. The van der Waals surface area contributed by atoms with Gasteiger partial charge in [0.1, 0.15) is 6.17 Å². The molecule has 0 radical (unpaired) electrons. The van der Waals surface area contributed by atoms with Crippen LogP contribution in [-0.2, 0) is 14.6 Å². The van der Waals surface area contributed by atoms with Gasteiger partial charge in [-0.25, -0.2) is 12.8 Å². The van der Waals surface area contributed by atoms with E-state index < -0.39 is 16.0 Å². The molecule has 3 rings (SSSR count). The Balaban J connectivity index is 1.62. The second kappa shape index (κ2) is 7.47. The second-order valence-electron chi connectivity index (χ2n) is 6.82. The normalized spacial score (nSPS) is 31.2. The van der Waals surface area contributed by atoms with Crippen molar-refractivity contribution >= 4 is 9.84 Å². The molecule has 2 heterocycles. The third-order valence-electron chi connectivity index (χ3n) is 4.77. The molecule has 1 aromatic rings. The van der Waals surface area contributed by atoms with E-state index in [1.165, 1.54) is 6.26 Å². The SMILES string of the molecule is CS(=O)(=O)c1ccc(C2CC(F)CC(NCC3CCOC3)N2)cc1. The molecular formula is C17H25FN2O3S. The van der Waals surface area contributed by atoms with E-state index in [2.05, 4.69) is 10.6 Å². The third kappa shape index (κ3) is 4.53. The lowest BCUT2D eigenvalue weighted by Gasteiger charge is -2.34. The first-order valence-corrected chi connectivity index (χ1v) is 10.3. The van der Waals surface area contributed by atoms with E-state index >= 15 is 0 Å². The highest BCUT2D eigenvalue weighted by atomic mass is 32.2. The number of rotatable bonds is 5. The maximum atomic E-state index is 14.1. The van der Waals surface area contributed by atoms with Crippen LogP contribution in [-0.4, -0.2) is 46.8 Å². The Labute approximate surface area is 142 Å². The molecule has 4 unspecified atom stereocenters. The number of sulfone groups is 1. The number of nitrogens with one attached hydrogen (secondary N) is 2. The van der Waals surface area contributed by atoms with Crippen LogP contribution in [0.5, 0.6) is 0 Å². The first-order chi connectivity index (χ1) is 11.4. The van der Waals surface area contributed by atoms with Crippen LogP contribution in [0.4, 0.5) is 4.39 Å². The average Bonchev–Trinajstić information content (AvgIpc) is 3.05. The van der Waals surface area contributed by atoms with Gasteiger partial charge in [0.2, 0.25) is 0 Å². The molecule has 2 fully saturated rings. The van der Waals surface area contributed by atoms with Crippen molar-refractivity contribution in [3.8, 4) is 0 Å². The molecule has 0 aliphatic carbocycles. The van der Waals surface area contributed by atoms with E-state index in [9.17, 15) is 12.8 Å². The summed E-state index contributed by atoms with van der Waals surface area (Å²) >= 11 is 0. The van der Waals surface area contributed by atoms with E-state index in [4.69, 9.17) is 4.74 Å². The van der Waals surface area contributed by atoms with Crippen molar-refractivity contribution in [1.82, 2.24) is 10.6 Å². The van der Waals surface area contributed by atoms with Gasteiger partial charge in [0.05, 0.1) is 17.7 Å². The molecule has 134 valence electrons. The second-order valence-corrected chi connectivity index (χ2v) is 8.84. The van der Waals surface area contributed by atoms with E-state index in [1.807, 2.05) is 0 Å². The lowest BCUT2D eigenvalue weighted by atomic mass is 9.94. The minimum absolute atomic E-state index is 0.0751. The van der Waals surface area contributed by atoms with E-state index in [1.54, 1.807) is 24.3 Å². The Hall–Kier alpha value is -1.02. The Morgan fingerprint density at radius 1 is 1.29 bits per heavy atom. The van der Waals surface area contributed by atoms with Crippen molar-refractivity contribution in [3.05, 3.63) is 29.8 Å². The molecule has 2 N–H and O–H groups in total. The first-order valence-electron chi connectivity index (χ1n) is 8.43. The average molecular weight is 356 g/mol. The zero-order valence-corrected chi connectivity index (χ0v) is 14.7. The predicted molar refractivity (Wildman–Crippen MR) is 90.3 cm³/mol. The summed E-state index contributed by atoms with van der Waals surface area (Å²) in [6.45, 7) is 2.41. The van der Waals surface area contributed by atoms with E-state index in [-0.39, 0.29) is 17.1 Å². The van der Waals surface area contributed by atoms with Gasteiger partial charge in [-0.2, -0.15) is 0 Å². The number of halogens is 1. The molecule has 4 atom stereocenters. The van der Waals surface area contributed by atoms with Gasteiger partial charge in [0.15, 0.2) is 9.84 Å². The van der Waals surface area contributed by atoms with Gasteiger partial charge in [0, 0.05) is 31.9 Å². The van der Waals surface area contributed by atoms with E-state index in [0.717, 1.165) is 31.7 Å². The number of hydrogen-bond acceptors (Lipinski definition) is 5. The summed E-state index contributed by atoms with van der Waals surface area (Å²) in [6, 6.07) is 6.61. The molecule has 1 aromatic carbocycles. The molecule has 0 spiro atoms. The maximum Gasteiger partial charge on any atom is 0.175 e. The molecule has 0 bridgehead atoms. The highest BCUT2D eigenvalue weighted by Gasteiger charge is 2.29. The molecule has 24 heavy (non-hydrogen) atoms. The van der Waals surface area contributed by atoms with Gasteiger partial charge in [-0.3, -0.25) is 5.32 Å².